The van der Waals surface area contributed by atoms with Crippen LogP contribution in [-0.4, -0.2) is 41.2 Å². The summed E-state index contributed by atoms with van der Waals surface area (Å²) in [7, 11) is 1.62. The van der Waals surface area contributed by atoms with Gasteiger partial charge in [0.25, 0.3) is 5.91 Å². The summed E-state index contributed by atoms with van der Waals surface area (Å²) in [5.41, 5.74) is 2.67. The molecule has 0 aliphatic heterocycles. The molecule has 3 rings (SSSR count). The van der Waals surface area contributed by atoms with Crippen LogP contribution in [0.15, 0.2) is 36.5 Å². The van der Waals surface area contributed by atoms with E-state index in [9.17, 15) is 9.90 Å². The normalized spacial score (nSPS) is 13.8. The number of hydrogen-bond donors (Lipinski definition) is 2. The van der Waals surface area contributed by atoms with Gasteiger partial charge in [-0.15, -0.1) is 0 Å². The lowest BCUT2D eigenvalue weighted by atomic mass is 10.1. The number of H-pyrrole nitrogens is 1. The Kier molecular flexibility index (Phi) is 4.67. The Labute approximate surface area is 135 Å². The first-order chi connectivity index (χ1) is 11.2. The third kappa shape index (κ3) is 3.40. The standard InChI is InChI=1S/C18H22N2O3/c1-23-16-5-3-2-4-14(16)12-20(10-11-21)18(22)17-15(8-9-19-17)13-6-7-13/h2-5,8-9,13,19,21H,6-7,10-12H2,1H3. The van der Waals surface area contributed by atoms with Gasteiger partial charge < -0.3 is 19.7 Å². The van der Waals surface area contributed by atoms with Crippen LogP contribution in [0.5, 0.6) is 5.75 Å². The second-order valence-corrected chi connectivity index (χ2v) is 5.84. The SMILES string of the molecule is COc1ccccc1CN(CCO)C(=O)c1[nH]ccc1C1CC1. The van der Waals surface area contributed by atoms with Gasteiger partial charge in [-0.1, -0.05) is 18.2 Å². The molecule has 1 aromatic heterocycles. The zero-order valence-electron chi connectivity index (χ0n) is 13.3. The first-order valence-corrected chi connectivity index (χ1v) is 7.94. The van der Waals surface area contributed by atoms with Crippen LogP contribution < -0.4 is 4.74 Å². The number of carbonyl (C=O) groups is 1. The highest BCUT2D eigenvalue weighted by Gasteiger charge is 2.30. The van der Waals surface area contributed by atoms with Crippen LogP contribution >= 0.6 is 0 Å². The first-order valence-electron chi connectivity index (χ1n) is 7.94. The summed E-state index contributed by atoms with van der Waals surface area (Å²) >= 11 is 0. The van der Waals surface area contributed by atoms with Crippen LogP contribution in [-0.2, 0) is 6.54 Å². The Morgan fingerprint density at radius 2 is 2.13 bits per heavy atom. The third-order valence-corrected chi connectivity index (χ3v) is 4.22. The van der Waals surface area contributed by atoms with Gasteiger partial charge >= 0.3 is 0 Å². The van der Waals surface area contributed by atoms with Crippen molar-refractivity contribution in [2.75, 3.05) is 20.3 Å². The smallest absolute Gasteiger partial charge is 0.270 e. The molecule has 5 heteroatoms. The predicted octanol–water partition coefficient (Wildman–Crippen LogP) is 2.54. The maximum atomic E-state index is 12.9. The average Bonchev–Trinajstić information content (AvgIpc) is 3.31. The fraction of sp³-hybridized carbons (Fsp3) is 0.389. The monoisotopic (exact) mass is 314 g/mol. The fourth-order valence-corrected chi connectivity index (χ4v) is 2.87. The molecule has 1 aromatic carbocycles. The number of aliphatic hydroxyl groups is 1. The van der Waals surface area contributed by atoms with Crippen molar-refractivity contribution in [3.8, 4) is 5.75 Å². The first kappa shape index (κ1) is 15.6. The van der Waals surface area contributed by atoms with Gasteiger partial charge in [0, 0.05) is 24.8 Å². The van der Waals surface area contributed by atoms with Gasteiger partial charge in [-0.25, -0.2) is 0 Å². The fourth-order valence-electron chi connectivity index (χ4n) is 2.87. The van der Waals surface area contributed by atoms with Crippen LogP contribution in [0.2, 0.25) is 0 Å². The van der Waals surface area contributed by atoms with E-state index in [1.807, 2.05) is 36.5 Å². The van der Waals surface area contributed by atoms with Crippen LogP contribution in [0.3, 0.4) is 0 Å². The second-order valence-electron chi connectivity index (χ2n) is 5.84. The predicted molar refractivity (Wildman–Crippen MR) is 87.6 cm³/mol. The number of hydrogen-bond acceptors (Lipinski definition) is 3. The van der Waals surface area contributed by atoms with E-state index in [0.717, 1.165) is 29.7 Å². The summed E-state index contributed by atoms with van der Waals surface area (Å²) in [6.45, 7) is 0.632. The summed E-state index contributed by atoms with van der Waals surface area (Å²) in [5, 5.41) is 9.34. The molecular weight excluding hydrogens is 292 g/mol. The van der Waals surface area contributed by atoms with Crippen molar-refractivity contribution < 1.29 is 14.6 Å². The number of carbonyl (C=O) groups excluding carboxylic acids is 1. The number of amides is 1. The molecule has 0 spiro atoms. The van der Waals surface area contributed by atoms with E-state index in [-0.39, 0.29) is 12.5 Å². The topological polar surface area (TPSA) is 65.6 Å². The Morgan fingerprint density at radius 3 is 2.83 bits per heavy atom. The van der Waals surface area contributed by atoms with Gasteiger partial charge in [-0.05, 0) is 36.5 Å². The Balaban J connectivity index is 1.83. The van der Waals surface area contributed by atoms with Crippen LogP contribution in [0.25, 0.3) is 0 Å². The molecule has 5 nitrogen and oxygen atoms in total. The zero-order chi connectivity index (χ0) is 16.2. The largest absolute Gasteiger partial charge is 0.496 e. The number of nitrogens with zero attached hydrogens (tertiary/aromatic N) is 1. The van der Waals surface area contributed by atoms with Crippen molar-refractivity contribution in [2.24, 2.45) is 0 Å². The molecule has 1 aliphatic rings. The molecule has 0 atom stereocenters. The summed E-state index contributed by atoms with van der Waals surface area (Å²) < 4.78 is 5.36. The van der Waals surface area contributed by atoms with Gasteiger partial charge in [0.1, 0.15) is 11.4 Å². The molecule has 0 unspecified atom stereocenters. The van der Waals surface area contributed by atoms with Crippen molar-refractivity contribution in [1.29, 1.82) is 0 Å². The summed E-state index contributed by atoms with van der Waals surface area (Å²) in [6.07, 6.45) is 4.11. The van der Waals surface area contributed by atoms with Crippen molar-refractivity contribution in [3.05, 3.63) is 53.3 Å². The minimum Gasteiger partial charge on any atom is -0.496 e. The van der Waals surface area contributed by atoms with E-state index < -0.39 is 0 Å². The van der Waals surface area contributed by atoms with Crippen LogP contribution in [0.1, 0.15) is 40.4 Å². The van der Waals surface area contributed by atoms with Crippen molar-refractivity contribution in [1.82, 2.24) is 9.88 Å². The Morgan fingerprint density at radius 1 is 1.35 bits per heavy atom. The minimum atomic E-state index is -0.0724. The van der Waals surface area contributed by atoms with Crippen LogP contribution in [0.4, 0.5) is 0 Å². The van der Waals surface area contributed by atoms with Gasteiger partial charge in [0.2, 0.25) is 0 Å². The molecule has 1 saturated carbocycles. The number of rotatable bonds is 7. The number of aromatic amines is 1. The molecule has 0 bridgehead atoms. The molecule has 0 saturated heterocycles. The molecule has 23 heavy (non-hydrogen) atoms. The highest BCUT2D eigenvalue weighted by atomic mass is 16.5. The third-order valence-electron chi connectivity index (χ3n) is 4.22. The van der Waals surface area contributed by atoms with Crippen molar-refractivity contribution in [3.63, 3.8) is 0 Å². The summed E-state index contributed by atoms with van der Waals surface area (Å²) in [4.78, 5) is 17.6. The number of nitrogens with one attached hydrogen (secondary N) is 1. The molecule has 0 radical (unpaired) electrons. The molecule has 1 amide bonds. The lowest BCUT2D eigenvalue weighted by Gasteiger charge is -2.23. The number of benzene rings is 1. The van der Waals surface area contributed by atoms with Crippen LogP contribution in [0, 0.1) is 0 Å². The Bertz CT molecular complexity index is 676. The van der Waals surface area contributed by atoms with Gasteiger partial charge in [-0.3, -0.25) is 4.79 Å². The molecule has 122 valence electrons. The van der Waals surface area contributed by atoms with E-state index >= 15 is 0 Å². The number of aromatic nitrogens is 1. The summed E-state index contributed by atoms with van der Waals surface area (Å²) in [5.74, 6) is 1.18. The quantitative estimate of drug-likeness (QED) is 0.825. The van der Waals surface area contributed by atoms with E-state index in [4.69, 9.17) is 4.74 Å². The summed E-state index contributed by atoms with van der Waals surface area (Å²) in [6, 6.07) is 9.62. The highest BCUT2D eigenvalue weighted by molar-refractivity contribution is 5.94. The maximum absolute atomic E-state index is 12.9. The molecular formula is C18H22N2O3. The number of ether oxygens (including phenoxy) is 1. The lowest BCUT2D eigenvalue weighted by Crippen LogP contribution is -2.34. The zero-order valence-corrected chi connectivity index (χ0v) is 13.3. The highest BCUT2D eigenvalue weighted by Crippen LogP contribution is 2.41. The molecule has 1 heterocycles. The average molecular weight is 314 g/mol. The van der Waals surface area contributed by atoms with E-state index in [0.29, 0.717) is 24.7 Å². The molecule has 2 N–H and O–H groups in total. The maximum Gasteiger partial charge on any atom is 0.270 e. The lowest BCUT2D eigenvalue weighted by molar-refractivity contribution is 0.0700. The van der Waals surface area contributed by atoms with Gasteiger partial charge in [0.15, 0.2) is 0 Å². The number of aliphatic hydroxyl groups excluding tert-OH is 1. The van der Waals surface area contributed by atoms with E-state index in [2.05, 4.69) is 4.98 Å². The number of para-hydroxylation sites is 1. The van der Waals surface area contributed by atoms with Crippen molar-refractivity contribution in [2.45, 2.75) is 25.3 Å². The molecule has 1 aliphatic carbocycles. The second kappa shape index (κ2) is 6.87. The van der Waals surface area contributed by atoms with E-state index in [1.165, 1.54) is 0 Å². The number of methoxy groups -OCH3 is 1. The molecule has 1 fully saturated rings. The Hall–Kier alpha value is -2.27. The van der Waals surface area contributed by atoms with E-state index in [1.54, 1.807) is 12.0 Å². The molecule has 2 aromatic rings. The van der Waals surface area contributed by atoms with Crippen molar-refractivity contribution >= 4 is 5.91 Å². The minimum absolute atomic E-state index is 0.0691. The van der Waals surface area contributed by atoms with Gasteiger partial charge in [0.05, 0.1) is 13.7 Å². The van der Waals surface area contributed by atoms with Gasteiger partial charge in [-0.2, -0.15) is 0 Å².